The maximum absolute atomic E-state index is 13.6. The van der Waals surface area contributed by atoms with Gasteiger partial charge in [0.05, 0.1) is 0 Å². The smallest absolute Gasteiger partial charge is 0.280 e. The van der Waals surface area contributed by atoms with Crippen molar-refractivity contribution < 1.29 is 14.0 Å². The minimum Gasteiger partial charge on any atom is -0.464 e. The summed E-state index contributed by atoms with van der Waals surface area (Å²) in [6, 6.07) is 8.52. The number of furan rings is 1. The predicted molar refractivity (Wildman–Crippen MR) is 119 cm³/mol. The van der Waals surface area contributed by atoms with Gasteiger partial charge >= 0.3 is 0 Å². The average Bonchev–Trinajstić information content (AvgIpc) is 3.49. The maximum atomic E-state index is 13.6. The summed E-state index contributed by atoms with van der Waals surface area (Å²) in [4.78, 5) is 28.7. The van der Waals surface area contributed by atoms with Crippen LogP contribution in [0.1, 0.15) is 64.9 Å². The van der Waals surface area contributed by atoms with Crippen LogP contribution in [0, 0.1) is 20.8 Å². The number of carbonyl (C=O) groups excluding carboxylic acids is 2. The van der Waals surface area contributed by atoms with Crippen molar-refractivity contribution in [2.75, 3.05) is 4.90 Å². The Morgan fingerprint density at radius 2 is 1.94 bits per heavy atom. The first kappa shape index (κ1) is 21.2. The molecule has 0 aliphatic heterocycles. The van der Waals surface area contributed by atoms with Crippen LogP contribution in [0.3, 0.4) is 0 Å². The van der Waals surface area contributed by atoms with E-state index < -0.39 is 6.04 Å². The highest BCUT2D eigenvalue weighted by molar-refractivity contribution is 7.03. The molecule has 7 nitrogen and oxygen atoms in total. The molecule has 1 saturated carbocycles. The zero-order valence-corrected chi connectivity index (χ0v) is 18.7. The van der Waals surface area contributed by atoms with E-state index in [4.69, 9.17) is 4.42 Å². The molecule has 4 rings (SSSR count). The van der Waals surface area contributed by atoms with Crippen molar-refractivity contribution in [3.05, 3.63) is 64.1 Å². The molecule has 0 spiro atoms. The van der Waals surface area contributed by atoms with Gasteiger partial charge in [0.25, 0.3) is 11.8 Å². The van der Waals surface area contributed by atoms with E-state index in [1.54, 1.807) is 17.5 Å². The zero-order valence-electron chi connectivity index (χ0n) is 17.9. The molecule has 1 unspecified atom stereocenters. The van der Waals surface area contributed by atoms with Gasteiger partial charge in [0.15, 0.2) is 11.7 Å². The number of benzene rings is 1. The van der Waals surface area contributed by atoms with Gasteiger partial charge in [-0.05, 0) is 68.9 Å². The Kier molecular flexibility index (Phi) is 6.18. The largest absolute Gasteiger partial charge is 0.464 e. The van der Waals surface area contributed by atoms with E-state index >= 15 is 0 Å². The first-order valence-corrected chi connectivity index (χ1v) is 11.3. The van der Waals surface area contributed by atoms with Crippen molar-refractivity contribution in [1.29, 1.82) is 0 Å². The van der Waals surface area contributed by atoms with E-state index in [9.17, 15) is 9.59 Å². The van der Waals surface area contributed by atoms with Crippen LogP contribution >= 0.6 is 11.5 Å². The number of aromatic nitrogens is 2. The minimum absolute atomic E-state index is 0.114. The lowest BCUT2D eigenvalue weighted by Gasteiger charge is -2.31. The normalized spacial score (nSPS) is 15.1. The molecular weight excluding hydrogens is 412 g/mol. The monoisotopic (exact) mass is 438 g/mol. The van der Waals surface area contributed by atoms with Crippen LogP contribution in [0.15, 0.2) is 40.1 Å². The van der Waals surface area contributed by atoms with E-state index in [2.05, 4.69) is 14.9 Å². The first-order chi connectivity index (χ1) is 14.9. The number of anilines is 1. The van der Waals surface area contributed by atoms with Crippen molar-refractivity contribution in [3.8, 4) is 0 Å². The van der Waals surface area contributed by atoms with Crippen LogP contribution in [-0.4, -0.2) is 27.4 Å². The van der Waals surface area contributed by atoms with Gasteiger partial charge in [-0.25, -0.2) is 0 Å². The molecule has 1 N–H and O–H groups in total. The lowest BCUT2D eigenvalue weighted by atomic mass is 10.0. The highest BCUT2D eigenvalue weighted by Gasteiger charge is 2.38. The Hall–Kier alpha value is -3.00. The minimum atomic E-state index is -0.954. The molecule has 1 aliphatic rings. The van der Waals surface area contributed by atoms with Crippen LogP contribution in [0.5, 0.6) is 0 Å². The molecule has 2 heterocycles. The number of rotatable bonds is 6. The lowest BCUT2D eigenvalue weighted by molar-refractivity contribution is -0.123. The molecule has 2 aromatic heterocycles. The molecule has 1 atom stereocenters. The standard InChI is InChI=1S/C23H26N4O3S/c1-14-8-10-19(15(2)12-14)27(23(29)18-13-31-26-25-18)21(20-11-9-16(3)30-20)22(28)24-17-6-4-5-7-17/h8-13,17,21H,4-7H2,1-3H3,(H,24,28). The number of nitrogens with one attached hydrogen (secondary N) is 1. The summed E-state index contributed by atoms with van der Waals surface area (Å²) in [5.41, 5.74) is 2.81. The van der Waals surface area contributed by atoms with Crippen molar-refractivity contribution >= 4 is 29.0 Å². The van der Waals surface area contributed by atoms with E-state index in [0.29, 0.717) is 17.2 Å². The Morgan fingerprint density at radius 3 is 2.55 bits per heavy atom. The average molecular weight is 439 g/mol. The van der Waals surface area contributed by atoms with Gasteiger partial charge in [-0.2, -0.15) is 0 Å². The van der Waals surface area contributed by atoms with Crippen LogP contribution < -0.4 is 10.2 Å². The summed E-state index contributed by atoms with van der Waals surface area (Å²) in [5, 5.41) is 8.71. The maximum Gasteiger partial charge on any atom is 0.280 e. The van der Waals surface area contributed by atoms with Crippen molar-refractivity contribution in [3.63, 3.8) is 0 Å². The Morgan fingerprint density at radius 1 is 1.16 bits per heavy atom. The summed E-state index contributed by atoms with van der Waals surface area (Å²) in [7, 11) is 0. The van der Waals surface area contributed by atoms with E-state index in [-0.39, 0.29) is 23.6 Å². The molecule has 1 fully saturated rings. The lowest BCUT2D eigenvalue weighted by Crippen LogP contribution is -2.46. The van der Waals surface area contributed by atoms with Gasteiger partial charge in [0.2, 0.25) is 0 Å². The third-order valence-electron chi connectivity index (χ3n) is 5.65. The second-order valence-electron chi connectivity index (χ2n) is 8.10. The predicted octanol–water partition coefficient (Wildman–Crippen LogP) is 4.50. The molecule has 0 bridgehead atoms. The highest BCUT2D eigenvalue weighted by Crippen LogP contribution is 2.33. The molecule has 162 valence electrons. The summed E-state index contributed by atoms with van der Waals surface area (Å²) in [6.07, 6.45) is 4.09. The number of amides is 2. The summed E-state index contributed by atoms with van der Waals surface area (Å²) in [5.74, 6) is 0.459. The number of carbonyl (C=O) groups is 2. The van der Waals surface area contributed by atoms with Crippen LogP contribution in [0.25, 0.3) is 0 Å². The molecule has 31 heavy (non-hydrogen) atoms. The van der Waals surface area contributed by atoms with Crippen molar-refractivity contribution in [1.82, 2.24) is 14.9 Å². The van der Waals surface area contributed by atoms with E-state index in [0.717, 1.165) is 48.3 Å². The Labute approximate surface area is 185 Å². The Bertz CT molecular complexity index is 1070. The van der Waals surface area contributed by atoms with Crippen molar-refractivity contribution in [2.45, 2.75) is 58.5 Å². The fourth-order valence-electron chi connectivity index (χ4n) is 4.15. The van der Waals surface area contributed by atoms with Gasteiger partial charge in [-0.3, -0.25) is 14.5 Å². The molecule has 1 aliphatic carbocycles. The van der Waals surface area contributed by atoms with Gasteiger partial charge in [0.1, 0.15) is 11.5 Å². The van der Waals surface area contributed by atoms with E-state index in [1.165, 1.54) is 4.90 Å². The van der Waals surface area contributed by atoms with Gasteiger partial charge in [-0.15, -0.1) is 5.10 Å². The van der Waals surface area contributed by atoms with Gasteiger partial charge in [0, 0.05) is 17.1 Å². The molecular formula is C23H26N4O3S. The molecule has 1 aromatic carbocycles. The third-order valence-corrected chi connectivity index (χ3v) is 6.15. The molecule has 0 saturated heterocycles. The molecule has 8 heteroatoms. The number of hydrogen-bond donors (Lipinski definition) is 1. The Balaban J connectivity index is 1.82. The molecule has 3 aromatic rings. The fraction of sp³-hybridized carbons (Fsp3) is 0.391. The van der Waals surface area contributed by atoms with E-state index in [1.807, 2.05) is 39.0 Å². The van der Waals surface area contributed by atoms with Crippen LogP contribution in [0.4, 0.5) is 5.69 Å². The van der Waals surface area contributed by atoms with Crippen LogP contribution in [0.2, 0.25) is 0 Å². The van der Waals surface area contributed by atoms with Gasteiger partial charge in [-0.1, -0.05) is 35.0 Å². The first-order valence-electron chi connectivity index (χ1n) is 10.5. The number of aryl methyl sites for hydroxylation is 3. The number of hydrogen-bond acceptors (Lipinski definition) is 6. The number of nitrogens with zero attached hydrogens (tertiary/aromatic N) is 3. The summed E-state index contributed by atoms with van der Waals surface area (Å²) in [6.45, 7) is 5.75. The highest BCUT2D eigenvalue weighted by atomic mass is 32.1. The SMILES string of the molecule is Cc1ccc(N(C(=O)c2csnn2)C(C(=O)NC2CCCC2)c2ccc(C)o2)c(C)c1. The molecule has 2 amide bonds. The second kappa shape index (κ2) is 9.01. The van der Waals surface area contributed by atoms with Gasteiger partial charge < -0.3 is 9.73 Å². The molecule has 0 radical (unpaired) electrons. The third kappa shape index (κ3) is 4.54. The topological polar surface area (TPSA) is 88.3 Å². The second-order valence-corrected chi connectivity index (χ2v) is 8.71. The zero-order chi connectivity index (χ0) is 22.0. The quantitative estimate of drug-likeness (QED) is 0.612. The summed E-state index contributed by atoms with van der Waals surface area (Å²) < 4.78 is 9.72. The van der Waals surface area contributed by atoms with Crippen molar-refractivity contribution in [2.24, 2.45) is 0 Å². The summed E-state index contributed by atoms with van der Waals surface area (Å²) >= 11 is 1.10. The van der Waals surface area contributed by atoms with Crippen LogP contribution in [-0.2, 0) is 4.79 Å². The fourth-order valence-corrected chi connectivity index (χ4v) is 4.58.